The normalized spacial score (nSPS) is 40.6. The van der Waals surface area contributed by atoms with E-state index in [2.05, 4.69) is 25.3 Å². The quantitative estimate of drug-likeness (QED) is 0.708. The molecule has 2 nitrogen and oxygen atoms in total. The van der Waals surface area contributed by atoms with E-state index in [9.17, 15) is 0 Å². The summed E-state index contributed by atoms with van der Waals surface area (Å²) in [5.41, 5.74) is 0.476. The van der Waals surface area contributed by atoms with Crippen LogP contribution in [-0.2, 0) is 4.74 Å². The molecule has 2 aliphatic carbocycles. The van der Waals surface area contributed by atoms with Crippen molar-refractivity contribution in [1.29, 1.82) is 0 Å². The van der Waals surface area contributed by atoms with Crippen LogP contribution in [0.1, 0.15) is 46.0 Å². The topological polar surface area (TPSA) is 12.5 Å². The molecule has 0 aromatic rings. The van der Waals surface area contributed by atoms with Crippen molar-refractivity contribution in [3.63, 3.8) is 0 Å². The summed E-state index contributed by atoms with van der Waals surface area (Å²) in [5.74, 6) is 2.50. The van der Waals surface area contributed by atoms with E-state index in [1.807, 2.05) is 0 Å². The molecular formula is C16H27NO. The maximum Gasteiger partial charge on any atom is 0.0928 e. The van der Waals surface area contributed by atoms with Gasteiger partial charge in [0.25, 0.3) is 0 Å². The van der Waals surface area contributed by atoms with Gasteiger partial charge in [0.2, 0.25) is 0 Å². The monoisotopic (exact) mass is 249 g/mol. The van der Waals surface area contributed by atoms with Crippen LogP contribution >= 0.6 is 0 Å². The summed E-state index contributed by atoms with van der Waals surface area (Å²) < 4.78 is 5.64. The summed E-state index contributed by atoms with van der Waals surface area (Å²) in [5, 5.41) is 0. The highest BCUT2D eigenvalue weighted by Gasteiger charge is 2.67. The first kappa shape index (κ1) is 12.5. The lowest BCUT2D eigenvalue weighted by atomic mass is 9.93. The molecule has 0 aromatic heterocycles. The Morgan fingerprint density at radius 2 is 2.06 bits per heavy atom. The van der Waals surface area contributed by atoms with Crippen LogP contribution in [0.2, 0.25) is 0 Å². The highest BCUT2D eigenvalue weighted by molar-refractivity contribution is 5.24. The van der Waals surface area contributed by atoms with E-state index in [1.165, 1.54) is 45.2 Å². The van der Waals surface area contributed by atoms with Crippen molar-refractivity contribution in [3.8, 4) is 0 Å². The van der Waals surface area contributed by atoms with Gasteiger partial charge >= 0.3 is 0 Å². The Labute approximate surface area is 111 Å². The highest BCUT2D eigenvalue weighted by atomic mass is 16.5. The van der Waals surface area contributed by atoms with Crippen molar-refractivity contribution < 1.29 is 4.74 Å². The van der Waals surface area contributed by atoms with E-state index in [1.54, 1.807) is 0 Å². The second-order valence-electron chi connectivity index (χ2n) is 6.71. The SMILES string of the molecule is C=C(OCC)C1C2CN(C3CCCCC3)CC21C. The first-order valence-corrected chi connectivity index (χ1v) is 7.72. The molecule has 3 aliphatic rings. The minimum Gasteiger partial charge on any atom is -0.499 e. The van der Waals surface area contributed by atoms with Gasteiger partial charge in [-0.05, 0) is 31.1 Å². The maximum atomic E-state index is 5.64. The minimum absolute atomic E-state index is 0.476. The van der Waals surface area contributed by atoms with E-state index < -0.39 is 0 Å². The molecule has 3 unspecified atom stereocenters. The standard InChI is InChI=1S/C16H27NO/c1-4-18-12(2)15-14-10-17(11-16(14,15)3)13-8-6-5-7-9-13/h13-15H,2,4-11H2,1,3H3. The van der Waals surface area contributed by atoms with Crippen LogP contribution in [0.3, 0.4) is 0 Å². The lowest BCUT2D eigenvalue weighted by Crippen LogP contribution is -2.38. The average Bonchev–Trinajstić information content (AvgIpc) is 2.78. The Morgan fingerprint density at radius 3 is 2.61 bits per heavy atom. The van der Waals surface area contributed by atoms with Gasteiger partial charge in [0.15, 0.2) is 0 Å². The summed E-state index contributed by atoms with van der Waals surface area (Å²) in [6.45, 7) is 12.0. The van der Waals surface area contributed by atoms with Crippen molar-refractivity contribution >= 4 is 0 Å². The summed E-state index contributed by atoms with van der Waals surface area (Å²) in [6.07, 6.45) is 7.20. The first-order valence-electron chi connectivity index (χ1n) is 7.72. The van der Waals surface area contributed by atoms with Crippen LogP contribution in [-0.4, -0.2) is 30.6 Å². The number of ether oxygens (including phenoxy) is 1. The van der Waals surface area contributed by atoms with Crippen LogP contribution in [0.15, 0.2) is 12.3 Å². The van der Waals surface area contributed by atoms with Gasteiger partial charge < -0.3 is 4.74 Å². The highest BCUT2D eigenvalue weighted by Crippen LogP contribution is 2.66. The Kier molecular flexibility index (Phi) is 3.17. The van der Waals surface area contributed by atoms with Gasteiger partial charge in [-0.1, -0.05) is 32.8 Å². The number of hydrogen-bond acceptors (Lipinski definition) is 2. The number of hydrogen-bond donors (Lipinski definition) is 0. The molecule has 2 heteroatoms. The molecule has 0 bridgehead atoms. The van der Waals surface area contributed by atoms with Crippen LogP contribution in [0.5, 0.6) is 0 Å². The molecule has 0 N–H and O–H groups in total. The third-order valence-electron chi connectivity index (χ3n) is 5.59. The van der Waals surface area contributed by atoms with Gasteiger partial charge in [0.05, 0.1) is 12.4 Å². The molecule has 1 heterocycles. The average molecular weight is 249 g/mol. The molecular weight excluding hydrogens is 222 g/mol. The summed E-state index contributed by atoms with van der Waals surface area (Å²) >= 11 is 0. The zero-order valence-corrected chi connectivity index (χ0v) is 12.0. The van der Waals surface area contributed by atoms with Gasteiger partial charge in [-0.25, -0.2) is 0 Å². The fourth-order valence-electron chi connectivity index (χ4n) is 4.54. The number of rotatable bonds is 4. The lowest BCUT2D eigenvalue weighted by Gasteiger charge is -2.33. The molecule has 3 atom stereocenters. The molecule has 3 rings (SSSR count). The van der Waals surface area contributed by atoms with Crippen LogP contribution in [0, 0.1) is 17.3 Å². The fraction of sp³-hybridized carbons (Fsp3) is 0.875. The van der Waals surface area contributed by atoms with Crippen LogP contribution < -0.4 is 0 Å². The van der Waals surface area contributed by atoms with E-state index in [4.69, 9.17) is 4.74 Å². The third kappa shape index (κ3) is 1.89. The zero-order valence-electron chi connectivity index (χ0n) is 12.0. The summed E-state index contributed by atoms with van der Waals surface area (Å²) in [7, 11) is 0. The Bertz CT molecular complexity index is 334. The molecule has 1 saturated heterocycles. The molecule has 2 saturated carbocycles. The number of likely N-dealkylation sites (tertiary alicyclic amines) is 1. The second-order valence-corrected chi connectivity index (χ2v) is 6.71. The van der Waals surface area contributed by atoms with Crippen LogP contribution in [0.25, 0.3) is 0 Å². The Hall–Kier alpha value is -0.500. The van der Waals surface area contributed by atoms with Gasteiger partial charge in [0, 0.05) is 25.0 Å². The van der Waals surface area contributed by atoms with Gasteiger partial charge in [-0.15, -0.1) is 0 Å². The van der Waals surface area contributed by atoms with Gasteiger partial charge in [0.1, 0.15) is 0 Å². The van der Waals surface area contributed by atoms with E-state index in [0.717, 1.165) is 24.3 Å². The second kappa shape index (κ2) is 4.56. The van der Waals surface area contributed by atoms with E-state index in [0.29, 0.717) is 11.3 Å². The Balaban J connectivity index is 1.57. The third-order valence-corrected chi connectivity index (χ3v) is 5.59. The van der Waals surface area contributed by atoms with Crippen molar-refractivity contribution in [3.05, 3.63) is 12.3 Å². The molecule has 0 radical (unpaired) electrons. The number of fused-ring (bicyclic) bond motifs is 1. The number of nitrogens with zero attached hydrogens (tertiary/aromatic N) is 1. The van der Waals surface area contributed by atoms with E-state index >= 15 is 0 Å². The predicted molar refractivity (Wildman–Crippen MR) is 74.3 cm³/mol. The van der Waals surface area contributed by atoms with Crippen LogP contribution in [0.4, 0.5) is 0 Å². The van der Waals surface area contributed by atoms with Crippen molar-refractivity contribution in [2.45, 2.75) is 52.0 Å². The lowest BCUT2D eigenvalue weighted by molar-refractivity contribution is 0.139. The number of allylic oxidation sites excluding steroid dienone is 1. The minimum atomic E-state index is 0.476. The molecule has 0 aromatic carbocycles. The Morgan fingerprint density at radius 1 is 1.33 bits per heavy atom. The van der Waals surface area contributed by atoms with Gasteiger partial charge in [-0.3, -0.25) is 4.90 Å². The molecule has 102 valence electrons. The largest absolute Gasteiger partial charge is 0.499 e. The predicted octanol–water partition coefficient (Wildman–Crippen LogP) is 3.44. The van der Waals surface area contributed by atoms with E-state index in [-0.39, 0.29) is 0 Å². The summed E-state index contributed by atoms with van der Waals surface area (Å²) in [6, 6.07) is 0.879. The maximum absolute atomic E-state index is 5.64. The smallest absolute Gasteiger partial charge is 0.0928 e. The fourth-order valence-corrected chi connectivity index (χ4v) is 4.54. The van der Waals surface area contributed by atoms with Crippen molar-refractivity contribution in [2.24, 2.45) is 17.3 Å². The summed E-state index contributed by atoms with van der Waals surface area (Å²) in [4.78, 5) is 2.76. The van der Waals surface area contributed by atoms with Gasteiger partial charge in [-0.2, -0.15) is 0 Å². The molecule has 0 spiro atoms. The molecule has 1 aliphatic heterocycles. The number of piperidine rings is 1. The first-order chi connectivity index (χ1) is 8.66. The van der Waals surface area contributed by atoms with Crippen molar-refractivity contribution in [1.82, 2.24) is 4.90 Å². The van der Waals surface area contributed by atoms with Crippen molar-refractivity contribution in [2.75, 3.05) is 19.7 Å². The molecule has 18 heavy (non-hydrogen) atoms. The molecule has 3 fully saturated rings. The zero-order chi connectivity index (χ0) is 12.8. The molecule has 0 amide bonds.